The highest BCUT2D eigenvalue weighted by Crippen LogP contribution is 2.42. The second-order valence-corrected chi connectivity index (χ2v) is 7.16. The van der Waals surface area contributed by atoms with Crippen LogP contribution in [0.2, 0.25) is 0 Å². The molecular formula is C18H34O. The van der Waals surface area contributed by atoms with Crippen molar-refractivity contribution in [2.24, 2.45) is 23.7 Å². The molecule has 0 aliphatic heterocycles. The van der Waals surface area contributed by atoms with Crippen LogP contribution in [-0.4, -0.2) is 13.7 Å². The maximum atomic E-state index is 5.31. The van der Waals surface area contributed by atoms with E-state index in [2.05, 4.69) is 6.92 Å². The molecule has 0 radical (unpaired) electrons. The summed E-state index contributed by atoms with van der Waals surface area (Å²) in [5.41, 5.74) is 0. The first-order valence-electron chi connectivity index (χ1n) is 8.82. The van der Waals surface area contributed by atoms with Gasteiger partial charge >= 0.3 is 0 Å². The fraction of sp³-hybridized carbons (Fsp3) is 1.00. The maximum Gasteiger partial charge on any atom is 0.0490 e. The number of unbranched alkanes of at least 4 members (excludes halogenated alkanes) is 1. The highest BCUT2D eigenvalue weighted by Gasteiger charge is 2.30. The maximum absolute atomic E-state index is 5.31. The Hall–Kier alpha value is -0.0400. The van der Waals surface area contributed by atoms with Gasteiger partial charge in [0.1, 0.15) is 0 Å². The molecule has 0 aromatic heterocycles. The molecule has 0 bridgehead atoms. The number of methoxy groups -OCH3 is 1. The molecule has 0 heterocycles. The lowest BCUT2D eigenvalue weighted by atomic mass is 9.69. The van der Waals surface area contributed by atoms with Gasteiger partial charge < -0.3 is 4.74 Å². The zero-order chi connectivity index (χ0) is 13.5. The summed E-state index contributed by atoms with van der Waals surface area (Å²) in [6.45, 7) is 3.32. The van der Waals surface area contributed by atoms with E-state index < -0.39 is 0 Å². The lowest BCUT2D eigenvalue weighted by Crippen LogP contribution is -2.27. The molecule has 0 spiro atoms. The van der Waals surface area contributed by atoms with E-state index >= 15 is 0 Å². The molecule has 2 rings (SSSR count). The van der Waals surface area contributed by atoms with Crippen molar-refractivity contribution in [1.82, 2.24) is 0 Å². The quantitative estimate of drug-likeness (QED) is 0.622. The number of hydrogen-bond donors (Lipinski definition) is 0. The Balaban J connectivity index is 1.65. The smallest absolute Gasteiger partial charge is 0.0490 e. The fourth-order valence-corrected chi connectivity index (χ4v) is 4.50. The van der Waals surface area contributed by atoms with E-state index in [9.17, 15) is 0 Å². The van der Waals surface area contributed by atoms with Crippen LogP contribution in [0.1, 0.15) is 77.6 Å². The van der Waals surface area contributed by atoms with Crippen LogP contribution in [-0.2, 0) is 4.74 Å². The normalized spacial score (nSPS) is 36.3. The summed E-state index contributed by atoms with van der Waals surface area (Å²) in [5, 5.41) is 0. The Morgan fingerprint density at radius 3 is 1.79 bits per heavy atom. The van der Waals surface area contributed by atoms with Crippen molar-refractivity contribution in [3.63, 3.8) is 0 Å². The third-order valence-corrected chi connectivity index (χ3v) is 5.82. The number of rotatable bonds is 6. The molecule has 2 aliphatic rings. The van der Waals surface area contributed by atoms with Crippen LogP contribution < -0.4 is 0 Å². The van der Waals surface area contributed by atoms with E-state index in [0.717, 1.165) is 30.3 Å². The van der Waals surface area contributed by atoms with E-state index in [0.29, 0.717) is 0 Å². The molecule has 112 valence electrons. The minimum atomic E-state index is 0.863. The van der Waals surface area contributed by atoms with Gasteiger partial charge in [-0.25, -0.2) is 0 Å². The zero-order valence-corrected chi connectivity index (χ0v) is 13.2. The molecule has 2 fully saturated rings. The molecule has 1 heteroatoms. The minimum Gasteiger partial charge on any atom is -0.384 e. The van der Waals surface area contributed by atoms with Gasteiger partial charge in [0.2, 0.25) is 0 Å². The number of hydrogen-bond acceptors (Lipinski definition) is 1. The van der Waals surface area contributed by atoms with Crippen molar-refractivity contribution in [3.05, 3.63) is 0 Å². The van der Waals surface area contributed by atoms with Gasteiger partial charge in [-0.2, -0.15) is 0 Å². The monoisotopic (exact) mass is 266 g/mol. The summed E-state index contributed by atoms with van der Waals surface area (Å²) in [4.78, 5) is 0. The molecule has 0 amide bonds. The number of ether oxygens (including phenoxy) is 1. The second kappa shape index (κ2) is 8.29. The van der Waals surface area contributed by atoms with Crippen molar-refractivity contribution in [2.45, 2.75) is 77.6 Å². The van der Waals surface area contributed by atoms with Gasteiger partial charge in [-0.15, -0.1) is 0 Å². The SMILES string of the molecule is CCCCC1CCC([C@H]2CC[C@H](COC)CC2)CC1. The Labute approximate surface area is 120 Å². The van der Waals surface area contributed by atoms with Gasteiger partial charge in [0, 0.05) is 13.7 Å². The van der Waals surface area contributed by atoms with Crippen LogP contribution in [0.3, 0.4) is 0 Å². The average molecular weight is 266 g/mol. The molecule has 0 saturated heterocycles. The van der Waals surface area contributed by atoms with Crippen LogP contribution in [0, 0.1) is 23.7 Å². The van der Waals surface area contributed by atoms with Gasteiger partial charge in [-0.3, -0.25) is 0 Å². The fourth-order valence-electron chi connectivity index (χ4n) is 4.50. The third-order valence-electron chi connectivity index (χ3n) is 5.82. The predicted octanol–water partition coefficient (Wildman–Crippen LogP) is 5.44. The van der Waals surface area contributed by atoms with E-state index in [1.165, 1.54) is 70.6 Å². The molecule has 2 saturated carbocycles. The summed E-state index contributed by atoms with van der Waals surface area (Å²) in [6.07, 6.45) is 16.3. The van der Waals surface area contributed by atoms with Crippen LogP contribution in [0.15, 0.2) is 0 Å². The Morgan fingerprint density at radius 1 is 0.789 bits per heavy atom. The van der Waals surface area contributed by atoms with Crippen molar-refractivity contribution < 1.29 is 4.74 Å². The minimum absolute atomic E-state index is 0.863. The van der Waals surface area contributed by atoms with Gasteiger partial charge in [0.25, 0.3) is 0 Å². The van der Waals surface area contributed by atoms with E-state index in [1.807, 2.05) is 7.11 Å². The topological polar surface area (TPSA) is 9.23 Å². The van der Waals surface area contributed by atoms with Gasteiger partial charge in [0.05, 0.1) is 0 Å². The Bertz CT molecular complexity index is 222. The molecule has 1 nitrogen and oxygen atoms in total. The van der Waals surface area contributed by atoms with Crippen LogP contribution in [0.25, 0.3) is 0 Å². The van der Waals surface area contributed by atoms with Gasteiger partial charge in [0.15, 0.2) is 0 Å². The molecule has 0 atom stereocenters. The predicted molar refractivity (Wildman–Crippen MR) is 82.3 cm³/mol. The lowest BCUT2D eigenvalue weighted by Gasteiger charge is -2.37. The first-order chi connectivity index (χ1) is 9.33. The first kappa shape index (κ1) is 15.4. The van der Waals surface area contributed by atoms with Crippen LogP contribution in [0.4, 0.5) is 0 Å². The largest absolute Gasteiger partial charge is 0.384 e. The molecule has 0 N–H and O–H groups in total. The summed E-state index contributed by atoms with van der Waals surface area (Å²) < 4.78 is 5.31. The lowest BCUT2D eigenvalue weighted by molar-refractivity contribution is 0.0925. The second-order valence-electron chi connectivity index (χ2n) is 7.16. The highest BCUT2D eigenvalue weighted by atomic mass is 16.5. The van der Waals surface area contributed by atoms with Crippen molar-refractivity contribution in [3.8, 4) is 0 Å². The van der Waals surface area contributed by atoms with Gasteiger partial charge in [-0.05, 0) is 62.2 Å². The summed E-state index contributed by atoms with van der Waals surface area (Å²) in [5.74, 6) is 4.06. The van der Waals surface area contributed by atoms with Crippen molar-refractivity contribution in [2.75, 3.05) is 13.7 Å². The molecule has 19 heavy (non-hydrogen) atoms. The van der Waals surface area contributed by atoms with Crippen LogP contribution in [0.5, 0.6) is 0 Å². The van der Waals surface area contributed by atoms with E-state index in [1.54, 1.807) is 0 Å². The standard InChI is InChI=1S/C18H34O/c1-3-4-5-15-6-10-17(11-7-15)18-12-8-16(9-13-18)14-19-2/h15-18H,3-14H2,1-2H3/t15?,16-,17?,18-. The summed E-state index contributed by atoms with van der Waals surface area (Å²) in [6, 6.07) is 0. The first-order valence-corrected chi connectivity index (χ1v) is 8.82. The Kier molecular flexibility index (Phi) is 6.70. The molecule has 0 unspecified atom stereocenters. The zero-order valence-electron chi connectivity index (χ0n) is 13.2. The summed E-state index contributed by atoms with van der Waals surface area (Å²) >= 11 is 0. The third kappa shape index (κ3) is 4.77. The highest BCUT2D eigenvalue weighted by molar-refractivity contribution is 4.82. The average Bonchev–Trinajstić information content (AvgIpc) is 2.47. The van der Waals surface area contributed by atoms with E-state index in [-0.39, 0.29) is 0 Å². The molecular weight excluding hydrogens is 232 g/mol. The van der Waals surface area contributed by atoms with Gasteiger partial charge in [-0.1, -0.05) is 39.0 Å². The molecule has 0 aromatic rings. The van der Waals surface area contributed by atoms with E-state index in [4.69, 9.17) is 4.74 Å². The van der Waals surface area contributed by atoms with Crippen molar-refractivity contribution >= 4 is 0 Å². The summed E-state index contributed by atoms with van der Waals surface area (Å²) in [7, 11) is 1.85. The van der Waals surface area contributed by atoms with Crippen LogP contribution >= 0.6 is 0 Å². The van der Waals surface area contributed by atoms with Crippen molar-refractivity contribution in [1.29, 1.82) is 0 Å². The molecule has 2 aliphatic carbocycles. The Morgan fingerprint density at radius 2 is 1.32 bits per heavy atom. The molecule has 0 aromatic carbocycles.